The number of carbonyl (C=O) groups is 2. The van der Waals surface area contributed by atoms with Crippen LogP contribution in [-0.4, -0.2) is 51.3 Å². The molecule has 0 aliphatic rings. The maximum atomic E-state index is 11.9. The van der Waals surface area contributed by atoms with Gasteiger partial charge in [-0.15, -0.1) is 6.42 Å². The van der Waals surface area contributed by atoms with Crippen LogP contribution in [0.4, 0.5) is 0 Å². The van der Waals surface area contributed by atoms with E-state index in [0.29, 0.717) is 12.8 Å². The van der Waals surface area contributed by atoms with Crippen LogP contribution in [0.2, 0.25) is 0 Å². The Morgan fingerprint density at radius 2 is 0.653 bits per heavy atom. The number of aliphatic imine (C=N–C) groups is 2. The summed E-state index contributed by atoms with van der Waals surface area (Å²) < 4.78 is 2.59. The molecule has 98 heavy (non-hydrogen) atoms. The van der Waals surface area contributed by atoms with Gasteiger partial charge in [0, 0.05) is 254 Å². The Kier molecular flexibility index (Phi) is 50.9. The zero-order valence-electron chi connectivity index (χ0n) is 49.7. The van der Waals surface area contributed by atoms with Crippen LogP contribution in [0, 0.1) is 295 Å². The molecular weight excluding hydrogens is 1310 g/mol. The first-order chi connectivity index (χ1) is 46.2. The number of para-hydroxylation sites is 1. The Labute approximate surface area is 594 Å². The molecule has 0 saturated carbocycles. The van der Waals surface area contributed by atoms with Gasteiger partial charge >= 0.3 is 0 Å². The normalized spacial score (nSPS) is 7.57. The predicted molar refractivity (Wildman–Crippen MR) is 409 cm³/mol. The molecule has 8 heteroatoms. The maximum absolute atomic E-state index is 11.9. The molecule has 5 aromatic rings. The van der Waals surface area contributed by atoms with Gasteiger partial charge in [0.05, 0.1) is 0 Å². The number of benzene rings is 4. The third-order valence-electron chi connectivity index (χ3n) is 9.89. The van der Waals surface area contributed by atoms with Crippen molar-refractivity contribution in [2.45, 2.75) is 68.5 Å². The second kappa shape index (κ2) is 59.1. The average Bonchev–Trinajstić information content (AvgIpc) is 1.68. The summed E-state index contributed by atoms with van der Waals surface area (Å²) in [6, 6.07) is 30.5. The van der Waals surface area contributed by atoms with Gasteiger partial charge in [-0.2, -0.15) is 0 Å². The van der Waals surface area contributed by atoms with Crippen molar-refractivity contribution in [1.29, 1.82) is 0 Å². The van der Waals surface area contributed by atoms with Crippen molar-refractivity contribution < 1.29 is 19.8 Å². The van der Waals surface area contributed by atoms with Gasteiger partial charge in [-0.05, 0) is 189 Å². The SMILES string of the molecule is C.C.C.C.C#CC#CC#CC#CC#CC#CC#CC#CC#CC#CC#CC#CC#CC#CC#CC#CC#CC#CC#CC#CC#CC#CC#CC#CC#CI.CC(=O)[C@@H](Cc1c[nH]c2ccccc12)N=Cc1ccc(O)cc1.CC(=O)[C@@H](Cc1ccccc1)N=Cc1ccc(O)cc1. The summed E-state index contributed by atoms with van der Waals surface area (Å²) in [6.07, 6.45) is 11.4. The Hall–Kier alpha value is -15.6. The number of phenols is 2. The highest BCUT2D eigenvalue weighted by Gasteiger charge is 2.16. The number of aromatic nitrogens is 1. The largest absolute Gasteiger partial charge is 0.508 e. The monoisotopic (exact) mass is 1370 g/mol. The number of ketones is 2. The summed E-state index contributed by atoms with van der Waals surface area (Å²) in [4.78, 5) is 35.6. The highest BCUT2D eigenvalue weighted by Crippen LogP contribution is 2.20. The number of nitrogens with zero attached hydrogens (tertiary/aromatic N) is 2. The van der Waals surface area contributed by atoms with Crippen LogP contribution in [0.3, 0.4) is 0 Å². The van der Waals surface area contributed by atoms with Crippen molar-refractivity contribution >= 4 is 57.5 Å². The van der Waals surface area contributed by atoms with E-state index in [-0.39, 0.29) is 58.8 Å². The van der Waals surface area contributed by atoms with Gasteiger partial charge in [0.25, 0.3) is 0 Å². The smallest absolute Gasteiger partial charge is 0.154 e. The number of hydrogen-bond donors (Lipinski definition) is 3. The molecule has 1 heterocycles. The molecule has 0 fully saturated rings. The van der Waals surface area contributed by atoms with E-state index in [1.165, 1.54) is 0 Å². The van der Waals surface area contributed by atoms with Crippen molar-refractivity contribution in [1.82, 2.24) is 4.98 Å². The second-order valence-corrected chi connectivity index (χ2v) is 16.9. The van der Waals surface area contributed by atoms with Crippen LogP contribution in [0.5, 0.6) is 11.5 Å². The number of nitrogens with one attached hydrogen (secondary N) is 1. The van der Waals surface area contributed by atoms with Crippen LogP contribution in [0.1, 0.15) is 65.8 Å². The summed E-state index contributed by atoms with van der Waals surface area (Å²) in [5, 5.41) is 19.6. The molecule has 0 unspecified atom stereocenters. The first-order valence-electron chi connectivity index (χ1n) is 26.5. The summed E-state index contributed by atoms with van der Waals surface area (Å²) >= 11 is 1.88. The van der Waals surface area contributed by atoms with Gasteiger partial charge in [-0.25, -0.2) is 0 Å². The van der Waals surface area contributed by atoms with Gasteiger partial charge in [0.2, 0.25) is 0 Å². The Balaban J connectivity index is 0. The molecule has 0 spiro atoms. The quantitative estimate of drug-likeness (QED) is 0.0734. The fourth-order valence-corrected chi connectivity index (χ4v) is 6.02. The highest BCUT2D eigenvalue weighted by atomic mass is 127. The van der Waals surface area contributed by atoms with Gasteiger partial charge in [0.1, 0.15) is 23.6 Å². The molecule has 0 aliphatic heterocycles. The lowest BCUT2D eigenvalue weighted by Gasteiger charge is -2.08. The predicted octanol–water partition coefficient (Wildman–Crippen LogP) is 10.1. The molecule has 0 aliphatic carbocycles. The zero-order valence-corrected chi connectivity index (χ0v) is 51.8. The van der Waals surface area contributed by atoms with E-state index >= 15 is 0 Å². The summed E-state index contributed by atoms with van der Waals surface area (Å²) in [5.74, 6) is 120. The first-order valence-corrected chi connectivity index (χ1v) is 27.6. The molecule has 1 aromatic heterocycles. The van der Waals surface area contributed by atoms with Crippen molar-refractivity contribution in [3.05, 3.63) is 132 Å². The topological polar surface area (TPSA) is 115 Å². The molecule has 5 rings (SSSR count). The Morgan fingerprint density at radius 3 is 0.939 bits per heavy atom. The summed E-state index contributed by atoms with van der Waals surface area (Å²) in [5.41, 5.74) is 4.96. The lowest BCUT2D eigenvalue weighted by Crippen LogP contribution is -2.18. The number of halogens is 1. The molecule has 2 atom stereocenters. The van der Waals surface area contributed by atoms with Crippen molar-refractivity contribution in [2.24, 2.45) is 9.98 Å². The molecule has 0 amide bonds. The number of rotatable bonds is 10. The first kappa shape index (κ1) is 84.5. The zero-order chi connectivity index (χ0) is 67.3. The molecule has 0 saturated heterocycles. The van der Waals surface area contributed by atoms with Gasteiger partial charge in [-0.3, -0.25) is 19.6 Å². The number of hydrogen-bond acceptors (Lipinski definition) is 6. The lowest BCUT2D eigenvalue weighted by molar-refractivity contribution is -0.118. The molecule has 7 nitrogen and oxygen atoms in total. The van der Waals surface area contributed by atoms with E-state index < -0.39 is 6.04 Å². The maximum Gasteiger partial charge on any atom is 0.154 e. The number of Topliss-reactive ketones (excluding diaryl/α,β-unsaturated/α-hetero) is 2. The van der Waals surface area contributed by atoms with Crippen LogP contribution >= 0.6 is 22.6 Å². The minimum Gasteiger partial charge on any atom is -0.508 e. The molecule has 0 bridgehead atoms. The van der Waals surface area contributed by atoms with Gasteiger partial charge in [0.15, 0.2) is 11.6 Å². The lowest BCUT2D eigenvalue weighted by atomic mass is 10.0. The third kappa shape index (κ3) is 44.8. The highest BCUT2D eigenvalue weighted by molar-refractivity contribution is 14.1. The van der Waals surface area contributed by atoms with E-state index in [1.54, 1.807) is 74.8 Å². The number of carbonyl (C=O) groups excluding carboxylic acids is 2. The number of phenolic OH excluding ortho intramolecular Hbond substituents is 2. The molecular formula is C90H52IN3O4. The second-order valence-electron chi connectivity index (χ2n) is 16.4. The number of terminal acetylenes is 1. The summed E-state index contributed by atoms with van der Waals surface area (Å²) in [6.45, 7) is 3.12. The van der Waals surface area contributed by atoms with Crippen molar-refractivity contribution in [3.8, 4) is 306 Å². The van der Waals surface area contributed by atoms with E-state index in [4.69, 9.17) is 6.42 Å². The minimum absolute atomic E-state index is 0. The van der Waals surface area contributed by atoms with Crippen molar-refractivity contribution in [2.75, 3.05) is 0 Å². The van der Waals surface area contributed by atoms with Crippen molar-refractivity contribution in [3.63, 3.8) is 0 Å². The summed E-state index contributed by atoms with van der Waals surface area (Å²) in [7, 11) is 0. The van der Waals surface area contributed by atoms with Crippen LogP contribution < -0.4 is 0 Å². The number of fused-ring (bicyclic) bond motifs is 1. The van der Waals surface area contributed by atoms with E-state index in [2.05, 4.69) is 303 Å². The number of H-pyrrole nitrogens is 1. The minimum atomic E-state index is -0.414. The number of aromatic hydroxyl groups is 2. The van der Waals surface area contributed by atoms with E-state index in [0.717, 1.165) is 33.2 Å². The van der Waals surface area contributed by atoms with Crippen LogP contribution in [0.15, 0.2) is 119 Å². The third-order valence-corrected chi connectivity index (χ3v) is 10.2. The molecule has 4 aromatic carbocycles. The van der Waals surface area contributed by atoms with Gasteiger partial charge < -0.3 is 15.2 Å². The standard InChI is InChI=1S/C50HI.C19H18N2O2.C17H17NO2.4CH4/c1-2-3-4-5-6-7-8-9-10-11-12-13-14-15-16-17-18-19-20-21-22-23-24-25-26-27-28-29-30-31-32-33-34-35-36-37-38-39-40-41-42-43-44-45-46-47-48-49-50-51;1-13(22)19(20-11-14-6-8-16(23)9-7-14)10-15-12-21-18-5-3-2-4-17(15)18;1-13(19)17(11-14-5-3-2-4-6-14)18-12-15-7-9-16(20)10-8-15;;;;/h1H;2-9,11-12,19,21,23H,10H2,1H3;2-10,12,17,20H,11H2,1H3;4*1H4/t;19-;17-;;;;/m.11..../s1. The molecule has 3 N–H and O–H groups in total. The fraction of sp³-hybridized carbons (Fsp3) is 0.111. The van der Waals surface area contributed by atoms with Crippen LogP contribution in [0.25, 0.3) is 10.9 Å². The Bertz CT molecular complexity index is 5480. The Morgan fingerprint density at radius 1 is 0.388 bits per heavy atom. The van der Waals surface area contributed by atoms with E-state index in [9.17, 15) is 19.8 Å². The molecule has 0 radical (unpaired) electrons. The molecule has 458 valence electrons. The number of aromatic amines is 1. The van der Waals surface area contributed by atoms with Crippen LogP contribution in [-0.2, 0) is 22.4 Å². The fourth-order valence-electron chi connectivity index (χ4n) is 5.89. The average molecular weight is 1370 g/mol. The van der Waals surface area contributed by atoms with E-state index in [1.807, 2.05) is 83.4 Å². The van der Waals surface area contributed by atoms with Gasteiger partial charge in [-0.1, -0.05) is 78.2 Å².